The molecule has 2 heterocycles. The van der Waals surface area contributed by atoms with Gasteiger partial charge in [0.2, 0.25) is 0 Å². The molecule has 1 aromatic heterocycles. The first kappa shape index (κ1) is 16.7. The van der Waals surface area contributed by atoms with Gasteiger partial charge in [-0.05, 0) is 65.6 Å². The predicted octanol–water partition coefficient (Wildman–Crippen LogP) is 4.38. The molecule has 1 aliphatic rings. The molecule has 2 aromatic rings. The van der Waals surface area contributed by atoms with Crippen LogP contribution in [0, 0.1) is 0 Å². The highest BCUT2D eigenvalue weighted by atomic mass is 79.9. The molecule has 23 heavy (non-hydrogen) atoms. The van der Waals surface area contributed by atoms with Gasteiger partial charge in [0.1, 0.15) is 0 Å². The Morgan fingerprint density at radius 1 is 1.13 bits per heavy atom. The smallest absolute Gasteiger partial charge is 0.253 e. The molecule has 3 rings (SSSR count). The van der Waals surface area contributed by atoms with E-state index in [0.717, 1.165) is 44.6 Å². The number of benzene rings is 1. The summed E-state index contributed by atoms with van der Waals surface area (Å²) in [6.45, 7) is 3.62. The van der Waals surface area contributed by atoms with Gasteiger partial charge >= 0.3 is 0 Å². The molecule has 0 atom stereocenters. The number of hydrogen-bond donors (Lipinski definition) is 0. The summed E-state index contributed by atoms with van der Waals surface area (Å²) in [6.07, 6.45) is 2.26. The topological polar surface area (TPSA) is 23.6 Å². The molecule has 0 saturated carbocycles. The molecule has 122 valence electrons. The van der Waals surface area contributed by atoms with Crippen molar-refractivity contribution in [2.24, 2.45) is 0 Å². The third-order valence-corrected chi connectivity index (χ3v) is 5.71. The number of nitrogens with zero attached hydrogens (tertiary/aromatic N) is 2. The van der Waals surface area contributed by atoms with Gasteiger partial charge in [0.05, 0.1) is 3.79 Å². The number of thiophene rings is 1. The van der Waals surface area contributed by atoms with Gasteiger partial charge in [0, 0.05) is 36.6 Å². The van der Waals surface area contributed by atoms with E-state index in [-0.39, 0.29) is 5.91 Å². The molecule has 1 aromatic carbocycles. The third-order valence-electron chi connectivity index (χ3n) is 4.10. The van der Waals surface area contributed by atoms with Gasteiger partial charge in [-0.15, -0.1) is 11.3 Å². The van der Waals surface area contributed by atoms with Gasteiger partial charge in [-0.3, -0.25) is 9.69 Å². The standard InChI is InChI=1S/C18H21BrN2OS/c1-20(13-16-8-9-17(19)23-16)12-14-4-6-15(7-5-14)18(22)21-10-2-3-11-21/h4-9H,2-3,10-13H2,1H3. The van der Waals surface area contributed by atoms with Gasteiger partial charge in [-0.1, -0.05) is 12.1 Å². The predicted molar refractivity (Wildman–Crippen MR) is 98.8 cm³/mol. The molecule has 0 aliphatic carbocycles. The molecule has 1 amide bonds. The maximum atomic E-state index is 12.3. The fraction of sp³-hybridized carbons (Fsp3) is 0.389. The van der Waals surface area contributed by atoms with E-state index in [1.54, 1.807) is 11.3 Å². The molecule has 0 radical (unpaired) electrons. The number of carbonyl (C=O) groups is 1. The summed E-state index contributed by atoms with van der Waals surface area (Å²) in [5, 5.41) is 0. The highest BCUT2D eigenvalue weighted by molar-refractivity contribution is 9.11. The van der Waals surface area contributed by atoms with Crippen LogP contribution in [0.25, 0.3) is 0 Å². The molecule has 1 aliphatic heterocycles. The molecule has 0 unspecified atom stereocenters. The summed E-state index contributed by atoms with van der Waals surface area (Å²) in [5.74, 6) is 0.172. The van der Waals surface area contributed by atoms with Crippen molar-refractivity contribution in [1.29, 1.82) is 0 Å². The van der Waals surface area contributed by atoms with Crippen LogP contribution >= 0.6 is 27.3 Å². The normalized spacial score (nSPS) is 14.7. The second-order valence-electron chi connectivity index (χ2n) is 6.07. The Morgan fingerprint density at radius 3 is 2.43 bits per heavy atom. The summed E-state index contributed by atoms with van der Waals surface area (Å²) in [7, 11) is 2.12. The van der Waals surface area contributed by atoms with E-state index in [0.29, 0.717) is 0 Å². The maximum absolute atomic E-state index is 12.3. The monoisotopic (exact) mass is 392 g/mol. The van der Waals surface area contributed by atoms with Crippen molar-refractivity contribution < 1.29 is 4.79 Å². The number of halogens is 1. The van der Waals surface area contributed by atoms with E-state index in [2.05, 4.69) is 52.1 Å². The molecule has 0 spiro atoms. The van der Waals surface area contributed by atoms with Crippen molar-refractivity contribution in [2.45, 2.75) is 25.9 Å². The van der Waals surface area contributed by atoms with Crippen LogP contribution in [0.4, 0.5) is 0 Å². The minimum Gasteiger partial charge on any atom is -0.339 e. The molecule has 0 bridgehead atoms. The van der Waals surface area contributed by atoms with Crippen molar-refractivity contribution in [3.63, 3.8) is 0 Å². The maximum Gasteiger partial charge on any atom is 0.253 e. The number of hydrogen-bond acceptors (Lipinski definition) is 3. The van der Waals surface area contributed by atoms with Crippen LogP contribution in [0.5, 0.6) is 0 Å². The summed E-state index contributed by atoms with van der Waals surface area (Å²) >= 11 is 5.27. The Kier molecular flexibility index (Phi) is 5.51. The van der Waals surface area contributed by atoms with E-state index < -0.39 is 0 Å². The lowest BCUT2D eigenvalue weighted by atomic mass is 10.1. The van der Waals surface area contributed by atoms with Crippen molar-refractivity contribution >= 4 is 33.2 Å². The minimum absolute atomic E-state index is 0.172. The Hall–Kier alpha value is -1.17. The second-order valence-corrected chi connectivity index (χ2v) is 8.62. The van der Waals surface area contributed by atoms with E-state index in [9.17, 15) is 4.79 Å². The van der Waals surface area contributed by atoms with Crippen molar-refractivity contribution in [2.75, 3.05) is 20.1 Å². The number of rotatable bonds is 5. The van der Waals surface area contributed by atoms with Crippen LogP contribution in [-0.2, 0) is 13.1 Å². The first-order valence-corrected chi connectivity index (χ1v) is 9.54. The van der Waals surface area contributed by atoms with Gasteiger partial charge < -0.3 is 4.90 Å². The zero-order valence-electron chi connectivity index (χ0n) is 13.3. The number of likely N-dealkylation sites (tertiary alicyclic amines) is 1. The lowest BCUT2D eigenvalue weighted by molar-refractivity contribution is 0.0793. The fourth-order valence-electron chi connectivity index (χ4n) is 2.93. The van der Waals surface area contributed by atoms with Crippen molar-refractivity contribution in [1.82, 2.24) is 9.80 Å². The molecular weight excluding hydrogens is 372 g/mol. The van der Waals surface area contributed by atoms with Crippen LogP contribution in [0.15, 0.2) is 40.2 Å². The average Bonchev–Trinajstić information content (AvgIpc) is 3.19. The Morgan fingerprint density at radius 2 is 1.83 bits per heavy atom. The highest BCUT2D eigenvalue weighted by Crippen LogP contribution is 2.23. The number of carbonyl (C=O) groups excluding carboxylic acids is 1. The molecule has 1 saturated heterocycles. The first-order chi connectivity index (χ1) is 11.1. The van der Waals surface area contributed by atoms with Gasteiger partial charge in [-0.25, -0.2) is 0 Å². The molecule has 0 N–H and O–H groups in total. The zero-order valence-corrected chi connectivity index (χ0v) is 15.7. The first-order valence-electron chi connectivity index (χ1n) is 7.93. The van der Waals surface area contributed by atoms with Crippen LogP contribution in [-0.4, -0.2) is 35.8 Å². The highest BCUT2D eigenvalue weighted by Gasteiger charge is 2.19. The average molecular weight is 393 g/mol. The van der Waals surface area contributed by atoms with Crippen molar-refractivity contribution in [3.8, 4) is 0 Å². The van der Waals surface area contributed by atoms with Gasteiger partial charge in [0.15, 0.2) is 0 Å². The van der Waals surface area contributed by atoms with E-state index in [4.69, 9.17) is 0 Å². The summed E-state index contributed by atoms with van der Waals surface area (Å²) in [4.78, 5) is 17.9. The lowest BCUT2D eigenvalue weighted by Gasteiger charge is -2.17. The fourth-order valence-corrected chi connectivity index (χ4v) is 4.49. The van der Waals surface area contributed by atoms with Crippen LogP contribution in [0.3, 0.4) is 0 Å². The van der Waals surface area contributed by atoms with E-state index in [1.807, 2.05) is 17.0 Å². The lowest BCUT2D eigenvalue weighted by Crippen LogP contribution is -2.27. The van der Waals surface area contributed by atoms with Gasteiger partial charge in [0.25, 0.3) is 5.91 Å². The quantitative estimate of drug-likeness (QED) is 0.753. The zero-order chi connectivity index (χ0) is 16.2. The van der Waals surface area contributed by atoms with Crippen LogP contribution in [0.2, 0.25) is 0 Å². The summed E-state index contributed by atoms with van der Waals surface area (Å²) < 4.78 is 1.17. The largest absolute Gasteiger partial charge is 0.339 e. The van der Waals surface area contributed by atoms with E-state index >= 15 is 0 Å². The summed E-state index contributed by atoms with van der Waals surface area (Å²) in [6, 6.07) is 12.3. The summed E-state index contributed by atoms with van der Waals surface area (Å²) in [5.41, 5.74) is 2.04. The van der Waals surface area contributed by atoms with Gasteiger partial charge in [-0.2, -0.15) is 0 Å². The van der Waals surface area contributed by atoms with Crippen LogP contribution < -0.4 is 0 Å². The van der Waals surface area contributed by atoms with Crippen LogP contribution in [0.1, 0.15) is 33.6 Å². The molecule has 3 nitrogen and oxygen atoms in total. The van der Waals surface area contributed by atoms with Crippen molar-refractivity contribution in [3.05, 3.63) is 56.2 Å². The molecular formula is C18H21BrN2OS. The molecule has 1 fully saturated rings. The SMILES string of the molecule is CN(Cc1ccc(C(=O)N2CCCC2)cc1)Cc1ccc(Br)s1. The van der Waals surface area contributed by atoms with E-state index in [1.165, 1.54) is 14.2 Å². The molecule has 5 heteroatoms. The number of amides is 1. The third kappa shape index (κ3) is 4.43. The Labute approximate surface area is 150 Å². The second kappa shape index (κ2) is 7.60. The minimum atomic E-state index is 0.172. The Bertz CT molecular complexity index is 662. The Balaban J connectivity index is 1.57.